The lowest BCUT2D eigenvalue weighted by atomic mass is 9.82. The molecule has 2 heterocycles. The Kier molecular flexibility index (Phi) is 7.24. The molecule has 0 unspecified atom stereocenters. The topological polar surface area (TPSA) is 9.86 Å². The quantitative estimate of drug-likeness (QED) is 0.172. The number of rotatable bonds is 4. The van der Waals surface area contributed by atoms with Crippen molar-refractivity contribution in [2.24, 2.45) is 0 Å². The van der Waals surface area contributed by atoms with Crippen LogP contribution in [0.4, 0.5) is 0 Å². The van der Waals surface area contributed by atoms with Gasteiger partial charge in [0, 0.05) is 32.9 Å². The van der Waals surface area contributed by atoms with Crippen molar-refractivity contribution in [1.82, 2.24) is 9.13 Å². The molecule has 0 radical (unpaired) electrons. The van der Waals surface area contributed by atoms with Crippen LogP contribution in [0.2, 0.25) is 0 Å². The Balaban J connectivity index is 1.15. The smallest absolute Gasteiger partial charge is 0.0544 e. The molecule has 10 rings (SSSR count). The monoisotopic (exact) mass is 712 g/mol. The van der Waals surface area contributed by atoms with Gasteiger partial charge >= 0.3 is 0 Å². The van der Waals surface area contributed by atoms with Gasteiger partial charge in [-0.25, -0.2) is 0 Å². The Hall–Kier alpha value is -5.86. The number of para-hydroxylation sites is 1. The summed E-state index contributed by atoms with van der Waals surface area (Å²) in [4.78, 5) is 0. The first-order chi connectivity index (χ1) is 26.4. The van der Waals surface area contributed by atoms with E-state index in [0.717, 1.165) is 6.42 Å². The standard InChI is InChI=1S/C53H48N2/c1-51(2,3)38-22-24-42-44-30-37(21-27-49(44)55(50(42)31-38)40-23-25-45-46(32-40)53(6,7)33-52(45,4)5)36-20-26-48-43(29-36)41-18-11-12-19-47(41)54(48)39-17-13-16-35(28-39)34-14-9-8-10-15-34/h8-32H,33H2,1-7H3. The third kappa shape index (κ3) is 5.29. The van der Waals surface area contributed by atoms with Gasteiger partial charge in [-0.15, -0.1) is 0 Å². The highest BCUT2D eigenvalue weighted by Crippen LogP contribution is 2.50. The number of nitrogens with zero attached hydrogens (tertiary/aromatic N) is 2. The highest BCUT2D eigenvalue weighted by Gasteiger charge is 2.42. The number of hydrogen-bond donors (Lipinski definition) is 0. The van der Waals surface area contributed by atoms with E-state index in [0.29, 0.717) is 0 Å². The van der Waals surface area contributed by atoms with Crippen LogP contribution in [0.1, 0.15) is 71.6 Å². The molecule has 0 bridgehead atoms. The van der Waals surface area contributed by atoms with Gasteiger partial charge in [0.1, 0.15) is 0 Å². The maximum absolute atomic E-state index is 2.52. The summed E-state index contributed by atoms with van der Waals surface area (Å²) in [7, 11) is 0. The third-order valence-electron chi connectivity index (χ3n) is 12.5. The van der Waals surface area contributed by atoms with Crippen molar-refractivity contribution in [3.05, 3.63) is 168 Å². The van der Waals surface area contributed by atoms with E-state index in [1.54, 1.807) is 0 Å². The van der Waals surface area contributed by atoms with E-state index in [4.69, 9.17) is 0 Å². The zero-order valence-electron chi connectivity index (χ0n) is 33.0. The first-order valence-corrected chi connectivity index (χ1v) is 19.8. The molecule has 270 valence electrons. The second kappa shape index (κ2) is 11.8. The summed E-state index contributed by atoms with van der Waals surface area (Å²) in [5, 5.41) is 5.10. The van der Waals surface area contributed by atoms with Crippen molar-refractivity contribution in [3.63, 3.8) is 0 Å². The predicted molar refractivity (Wildman–Crippen MR) is 235 cm³/mol. The summed E-state index contributed by atoms with van der Waals surface area (Å²) in [5.41, 5.74) is 16.9. The average Bonchev–Trinajstić information content (AvgIpc) is 3.75. The lowest BCUT2D eigenvalue weighted by Gasteiger charge is -2.22. The molecule has 2 nitrogen and oxygen atoms in total. The molecule has 1 aliphatic carbocycles. The number of hydrogen-bond acceptors (Lipinski definition) is 0. The molecule has 7 aromatic carbocycles. The van der Waals surface area contributed by atoms with Crippen LogP contribution in [0.3, 0.4) is 0 Å². The minimum atomic E-state index is 0.0437. The van der Waals surface area contributed by atoms with Crippen LogP contribution in [-0.2, 0) is 16.2 Å². The van der Waals surface area contributed by atoms with E-state index >= 15 is 0 Å². The van der Waals surface area contributed by atoms with Crippen molar-refractivity contribution in [2.45, 2.75) is 71.1 Å². The fourth-order valence-corrected chi connectivity index (χ4v) is 9.95. The lowest BCUT2D eigenvalue weighted by Crippen LogP contribution is -2.18. The molecule has 1 aliphatic rings. The lowest BCUT2D eigenvalue weighted by molar-refractivity contribution is 0.403. The summed E-state index contributed by atoms with van der Waals surface area (Å²) in [5.74, 6) is 0. The minimum absolute atomic E-state index is 0.0437. The van der Waals surface area contributed by atoms with Crippen molar-refractivity contribution in [2.75, 3.05) is 0 Å². The maximum Gasteiger partial charge on any atom is 0.0544 e. The van der Waals surface area contributed by atoms with E-state index in [1.165, 1.54) is 93.9 Å². The van der Waals surface area contributed by atoms with Gasteiger partial charge in [-0.05, 0) is 122 Å². The van der Waals surface area contributed by atoms with E-state index < -0.39 is 0 Å². The van der Waals surface area contributed by atoms with Gasteiger partial charge in [-0.2, -0.15) is 0 Å². The van der Waals surface area contributed by atoms with Gasteiger partial charge in [0.15, 0.2) is 0 Å². The Morgan fingerprint density at radius 1 is 0.400 bits per heavy atom. The molecule has 0 fully saturated rings. The Labute approximate surface area is 324 Å². The second-order valence-corrected chi connectivity index (χ2v) is 18.2. The molecule has 9 aromatic rings. The van der Waals surface area contributed by atoms with E-state index in [9.17, 15) is 0 Å². The van der Waals surface area contributed by atoms with Crippen LogP contribution < -0.4 is 0 Å². The molecular weight excluding hydrogens is 665 g/mol. The zero-order valence-corrected chi connectivity index (χ0v) is 33.0. The highest BCUT2D eigenvalue weighted by atomic mass is 15.0. The maximum atomic E-state index is 2.52. The summed E-state index contributed by atoms with van der Waals surface area (Å²) >= 11 is 0. The normalized spacial score (nSPS) is 15.0. The molecule has 0 atom stereocenters. The first kappa shape index (κ1) is 33.7. The second-order valence-electron chi connectivity index (χ2n) is 18.2. The predicted octanol–water partition coefficient (Wildman–Crippen LogP) is 14.5. The number of benzene rings is 7. The highest BCUT2D eigenvalue weighted by molar-refractivity contribution is 6.13. The van der Waals surface area contributed by atoms with Gasteiger partial charge in [0.25, 0.3) is 0 Å². The molecule has 0 saturated heterocycles. The molecule has 0 saturated carbocycles. The van der Waals surface area contributed by atoms with Crippen LogP contribution in [0.25, 0.3) is 77.2 Å². The molecule has 2 heteroatoms. The average molecular weight is 713 g/mol. The molecule has 0 aliphatic heterocycles. The summed E-state index contributed by atoms with van der Waals surface area (Å²) in [6.45, 7) is 16.6. The molecule has 2 aromatic heterocycles. The number of fused-ring (bicyclic) bond motifs is 7. The number of aromatic nitrogens is 2. The van der Waals surface area contributed by atoms with Gasteiger partial charge in [0.05, 0.1) is 22.1 Å². The van der Waals surface area contributed by atoms with Crippen molar-refractivity contribution < 1.29 is 0 Å². The Bertz CT molecular complexity index is 2980. The van der Waals surface area contributed by atoms with Gasteiger partial charge in [-0.1, -0.05) is 139 Å². The summed E-state index contributed by atoms with van der Waals surface area (Å²) in [6, 6.07) is 56.9. The summed E-state index contributed by atoms with van der Waals surface area (Å²) < 4.78 is 4.94. The molecule has 0 N–H and O–H groups in total. The molecule has 0 amide bonds. The fourth-order valence-electron chi connectivity index (χ4n) is 9.95. The first-order valence-electron chi connectivity index (χ1n) is 19.8. The van der Waals surface area contributed by atoms with Crippen LogP contribution in [0.5, 0.6) is 0 Å². The third-order valence-corrected chi connectivity index (χ3v) is 12.5. The van der Waals surface area contributed by atoms with Crippen LogP contribution in [0.15, 0.2) is 152 Å². The van der Waals surface area contributed by atoms with E-state index in [2.05, 4.69) is 209 Å². The summed E-state index contributed by atoms with van der Waals surface area (Å²) in [6.07, 6.45) is 1.16. The van der Waals surface area contributed by atoms with Gasteiger partial charge in [0.2, 0.25) is 0 Å². The fraction of sp³-hybridized carbons (Fsp3) is 0.208. The van der Waals surface area contributed by atoms with E-state index in [-0.39, 0.29) is 16.2 Å². The Morgan fingerprint density at radius 3 is 1.67 bits per heavy atom. The van der Waals surface area contributed by atoms with Crippen molar-refractivity contribution in [3.8, 4) is 33.6 Å². The van der Waals surface area contributed by atoms with Gasteiger partial charge in [-0.3, -0.25) is 0 Å². The molecule has 55 heavy (non-hydrogen) atoms. The Morgan fingerprint density at radius 2 is 0.964 bits per heavy atom. The van der Waals surface area contributed by atoms with Gasteiger partial charge < -0.3 is 9.13 Å². The van der Waals surface area contributed by atoms with Crippen LogP contribution in [0, 0.1) is 0 Å². The largest absolute Gasteiger partial charge is 0.309 e. The minimum Gasteiger partial charge on any atom is -0.309 e. The SMILES string of the molecule is CC(C)(C)c1ccc2c3cc(-c4ccc5c(c4)c4ccccc4n5-c4cccc(-c5ccccc5)c4)ccc3n(-c3ccc4c(c3)C(C)(C)CC4(C)C)c2c1. The van der Waals surface area contributed by atoms with Crippen molar-refractivity contribution >= 4 is 43.6 Å². The van der Waals surface area contributed by atoms with Crippen LogP contribution >= 0.6 is 0 Å². The van der Waals surface area contributed by atoms with Crippen molar-refractivity contribution in [1.29, 1.82) is 0 Å². The molecular formula is C53H48N2. The molecule has 0 spiro atoms. The van der Waals surface area contributed by atoms with Crippen LogP contribution in [-0.4, -0.2) is 9.13 Å². The zero-order chi connectivity index (χ0) is 37.9. The van der Waals surface area contributed by atoms with E-state index in [1.807, 2.05) is 0 Å².